The first-order valence-corrected chi connectivity index (χ1v) is 10.4. The molecule has 0 spiro atoms. The van der Waals surface area contributed by atoms with Crippen molar-refractivity contribution in [3.63, 3.8) is 0 Å². The maximum absolute atomic E-state index is 12.6. The highest BCUT2D eigenvalue weighted by molar-refractivity contribution is 6.01. The van der Waals surface area contributed by atoms with Crippen LogP contribution in [-0.4, -0.2) is 36.5 Å². The number of carbonyl (C=O) groups excluding carboxylic acids is 2. The van der Waals surface area contributed by atoms with Crippen molar-refractivity contribution in [3.8, 4) is 0 Å². The Balaban J connectivity index is 1.76. The maximum Gasteiger partial charge on any atom is 0.178 e. The Labute approximate surface area is 162 Å². The number of methoxy groups -OCH3 is 1. The van der Waals surface area contributed by atoms with Crippen molar-refractivity contribution in [1.29, 1.82) is 0 Å². The van der Waals surface area contributed by atoms with Crippen molar-refractivity contribution in [2.24, 2.45) is 40.4 Å². The number of allylic oxidation sites excluding steroid dienone is 4. The molecular weight excluding hydrogens is 340 g/mol. The van der Waals surface area contributed by atoms with Gasteiger partial charge in [0.05, 0.1) is 6.10 Å². The predicted octanol–water partition coefficient (Wildman–Crippen LogP) is 3.34. The largest absolute Gasteiger partial charge is 0.389 e. The number of hydrogen-bond acceptors (Lipinski definition) is 4. The summed E-state index contributed by atoms with van der Waals surface area (Å²) in [5, 5.41) is 9.56. The highest BCUT2D eigenvalue weighted by Crippen LogP contribution is 2.67. The molecule has 4 nitrogen and oxygen atoms in total. The fourth-order valence-electron chi connectivity index (χ4n) is 7.67. The van der Waals surface area contributed by atoms with E-state index in [1.54, 1.807) is 13.2 Å². The van der Waals surface area contributed by atoms with Crippen LogP contribution >= 0.6 is 0 Å². The normalized spacial score (nSPS) is 48.5. The fraction of sp³-hybridized carbons (Fsp3) is 0.739. The van der Waals surface area contributed by atoms with E-state index < -0.39 is 0 Å². The standard InChI is InChI=1S/C23H32O4/c1-13-9-17-16-6-5-14-10-15(25)7-8-22(14,2)21(16)19(27-4)11-23(17,3)20(13)18(26)12-24/h7-8,10,13,16-17,19-21,24H,5-6,9,11-12H2,1-4H3. The van der Waals surface area contributed by atoms with E-state index in [0.717, 1.165) is 25.7 Å². The molecule has 3 saturated carbocycles. The van der Waals surface area contributed by atoms with Gasteiger partial charge in [0.25, 0.3) is 0 Å². The van der Waals surface area contributed by atoms with Gasteiger partial charge in [-0.3, -0.25) is 9.59 Å². The number of carbonyl (C=O) groups is 2. The second-order valence-corrected chi connectivity index (χ2v) is 9.82. The smallest absolute Gasteiger partial charge is 0.178 e. The Kier molecular flexibility index (Phi) is 4.51. The average molecular weight is 373 g/mol. The molecule has 4 rings (SSSR count). The van der Waals surface area contributed by atoms with Gasteiger partial charge in [-0.1, -0.05) is 32.4 Å². The predicted molar refractivity (Wildman–Crippen MR) is 103 cm³/mol. The van der Waals surface area contributed by atoms with Gasteiger partial charge in [0.1, 0.15) is 6.61 Å². The molecule has 0 saturated heterocycles. The van der Waals surface area contributed by atoms with Gasteiger partial charge in [0.2, 0.25) is 0 Å². The van der Waals surface area contributed by atoms with Gasteiger partial charge in [-0.25, -0.2) is 0 Å². The molecule has 0 bridgehead atoms. The molecule has 0 aromatic carbocycles. The van der Waals surface area contributed by atoms with Crippen molar-refractivity contribution in [2.45, 2.75) is 52.6 Å². The summed E-state index contributed by atoms with van der Waals surface area (Å²) < 4.78 is 6.05. The Hall–Kier alpha value is -1.26. The van der Waals surface area contributed by atoms with E-state index in [0.29, 0.717) is 23.7 Å². The molecule has 4 aliphatic carbocycles. The zero-order valence-corrected chi connectivity index (χ0v) is 16.9. The molecular formula is C23H32O4. The number of fused-ring (bicyclic) bond motifs is 5. The van der Waals surface area contributed by atoms with E-state index >= 15 is 0 Å². The van der Waals surface area contributed by atoms with Gasteiger partial charge < -0.3 is 9.84 Å². The van der Waals surface area contributed by atoms with E-state index in [2.05, 4.69) is 26.8 Å². The Morgan fingerprint density at radius 1 is 1.37 bits per heavy atom. The van der Waals surface area contributed by atoms with Gasteiger partial charge in [0.15, 0.2) is 11.6 Å². The zero-order chi connectivity index (χ0) is 19.6. The van der Waals surface area contributed by atoms with E-state index in [-0.39, 0.29) is 41.0 Å². The Morgan fingerprint density at radius 3 is 2.78 bits per heavy atom. The molecule has 8 atom stereocenters. The zero-order valence-electron chi connectivity index (χ0n) is 16.9. The molecule has 4 heteroatoms. The van der Waals surface area contributed by atoms with Crippen molar-refractivity contribution in [1.82, 2.24) is 0 Å². The minimum Gasteiger partial charge on any atom is -0.389 e. The minimum absolute atomic E-state index is 0.00781. The van der Waals surface area contributed by atoms with Crippen molar-refractivity contribution in [2.75, 3.05) is 13.7 Å². The van der Waals surface area contributed by atoms with Gasteiger partial charge in [-0.15, -0.1) is 0 Å². The van der Waals surface area contributed by atoms with Crippen molar-refractivity contribution >= 4 is 11.6 Å². The number of ketones is 2. The molecule has 0 aromatic heterocycles. The second kappa shape index (κ2) is 6.38. The topological polar surface area (TPSA) is 63.6 Å². The third-order valence-electron chi connectivity index (χ3n) is 8.62. The summed E-state index contributed by atoms with van der Waals surface area (Å²) >= 11 is 0. The third-order valence-corrected chi connectivity index (χ3v) is 8.62. The summed E-state index contributed by atoms with van der Waals surface area (Å²) in [5.41, 5.74) is 0.990. The quantitative estimate of drug-likeness (QED) is 0.825. The first-order valence-electron chi connectivity index (χ1n) is 10.4. The number of Topliss-reactive ketones (excluding diaryl/α,β-unsaturated/α-hetero) is 1. The van der Waals surface area contributed by atoms with Crippen LogP contribution in [0, 0.1) is 40.4 Å². The van der Waals surface area contributed by atoms with Gasteiger partial charge in [-0.2, -0.15) is 0 Å². The number of rotatable bonds is 3. The summed E-state index contributed by atoms with van der Waals surface area (Å²) in [7, 11) is 1.78. The number of aliphatic hydroxyl groups excluding tert-OH is 1. The second-order valence-electron chi connectivity index (χ2n) is 9.82. The van der Waals surface area contributed by atoms with Crippen LogP contribution in [-0.2, 0) is 14.3 Å². The molecule has 0 aromatic rings. The van der Waals surface area contributed by atoms with Crippen molar-refractivity contribution in [3.05, 3.63) is 23.8 Å². The molecule has 0 heterocycles. The lowest BCUT2D eigenvalue weighted by atomic mass is 9.46. The van der Waals surface area contributed by atoms with Crippen LogP contribution in [0.25, 0.3) is 0 Å². The van der Waals surface area contributed by atoms with Crippen LogP contribution in [0.5, 0.6) is 0 Å². The summed E-state index contributed by atoms with van der Waals surface area (Å²) in [6, 6.07) is 0. The summed E-state index contributed by atoms with van der Waals surface area (Å²) in [4.78, 5) is 24.6. The van der Waals surface area contributed by atoms with E-state index in [1.165, 1.54) is 5.57 Å². The molecule has 0 amide bonds. The van der Waals surface area contributed by atoms with Crippen LogP contribution in [0.2, 0.25) is 0 Å². The highest BCUT2D eigenvalue weighted by atomic mass is 16.5. The van der Waals surface area contributed by atoms with E-state index in [1.807, 2.05) is 6.08 Å². The Morgan fingerprint density at radius 2 is 2.11 bits per heavy atom. The van der Waals surface area contributed by atoms with Crippen molar-refractivity contribution < 1.29 is 19.4 Å². The van der Waals surface area contributed by atoms with Crippen LogP contribution in [0.4, 0.5) is 0 Å². The first-order chi connectivity index (χ1) is 12.8. The molecule has 8 unspecified atom stereocenters. The molecule has 4 aliphatic rings. The number of aliphatic hydroxyl groups is 1. The fourth-order valence-corrected chi connectivity index (χ4v) is 7.67. The molecule has 3 fully saturated rings. The molecule has 1 N–H and O–H groups in total. The van der Waals surface area contributed by atoms with Gasteiger partial charge in [-0.05, 0) is 61.0 Å². The van der Waals surface area contributed by atoms with Crippen LogP contribution < -0.4 is 0 Å². The lowest BCUT2D eigenvalue weighted by Gasteiger charge is -2.59. The van der Waals surface area contributed by atoms with Crippen LogP contribution in [0.15, 0.2) is 23.8 Å². The Bertz CT molecular complexity index is 722. The summed E-state index contributed by atoms with van der Waals surface area (Å²) in [6.07, 6.45) is 9.63. The summed E-state index contributed by atoms with van der Waals surface area (Å²) in [5.74, 6) is 1.58. The van der Waals surface area contributed by atoms with E-state index in [9.17, 15) is 14.7 Å². The average Bonchev–Trinajstić information content (AvgIpc) is 2.90. The molecule has 27 heavy (non-hydrogen) atoms. The lowest BCUT2D eigenvalue weighted by Crippen LogP contribution is -2.57. The molecule has 148 valence electrons. The van der Waals surface area contributed by atoms with Crippen LogP contribution in [0.3, 0.4) is 0 Å². The lowest BCUT2D eigenvalue weighted by molar-refractivity contribution is -0.147. The number of hydrogen-bond donors (Lipinski definition) is 1. The number of ether oxygens (including phenoxy) is 1. The highest BCUT2D eigenvalue weighted by Gasteiger charge is 2.64. The first kappa shape index (κ1) is 19.1. The maximum atomic E-state index is 12.6. The minimum atomic E-state index is -0.363. The monoisotopic (exact) mass is 372 g/mol. The van der Waals surface area contributed by atoms with Gasteiger partial charge in [0, 0.05) is 24.4 Å². The summed E-state index contributed by atoms with van der Waals surface area (Å²) in [6.45, 7) is 6.34. The molecule has 0 aliphatic heterocycles. The molecule has 0 radical (unpaired) electrons. The van der Waals surface area contributed by atoms with Crippen LogP contribution in [0.1, 0.15) is 46.5 Å². The van der Waals surface area contributed by atoms with E-state index in [4.69, 9.17) is 4.74 Å². The third kappa shape index (κ3) is 2.56. The van der Waals surface area contributed by atoms with Gasteiger partial charge >= 0.3 is 0 Å². The SMILES string of the molecule is COC1CC2(C)C(CC(C)C2C(=O)CO)C2CCC3=CC(=O)C=CC3(C)C12.